The van der Waals surface area contributed by atoms with Gasteiger partial charge in [-0.1, -0.05) is 13.8 Å². The maximum atomic E-state index is 12.1. The van der Waals surface area contributed by atoms with Gasteiger partial charge in [0.1, 0.15) is 0 Å². The highest BCUT2D eigenvalue weighted by atomic mass is 19.4. The summed E-state index contributed by atoms with van der Waals surface area (Å²) in [5.41, 5.74) is 0. The zero-order valence-corrected chi connectivity index (χ0v) is 8.51. The predicted octanol–water partition coefficient (Wildman–Crippen LogP) is 1.93. The van der Waals surface area contributed by atoms with Gasteiger partial charge in [-0.15, -0.1) is 10.2 Å². The van der Waals surface area contributed by atoms with Crippen molar-refractivity contribution in [2.75, 3.05) is 13.1 Å². The van der Waals surface area contributed by atoms with E-state index in [0.717, 1.165) is 13.1 Å². The molecule has 0 atom stereocenters. The molecule has 0 saturated heterocycles. The standard InChI is InChI=1S/C8H12F3N3O/c1-3-14(4-2)5-6-12-13-7(15-6)8(9,10)11/h3-5H2,1-2H3. The van der Waals surface area contributed by atoms with Gasteiger partial charge in [0.15, 0.2) is 0 Å². The summed E-state index contributed by atoms with van der Waals surface area (Å²) in [6.45, 7) is 5.51. The molecular formula is C8H12F3N3O. The third-order valence-electron chi connectivity index (χ3n) is 1.96. The third kappa shape index (κ3) is 3.19. The van der Waals surface area contributed by atoms with Gasteiger partial charge in [0.25, 0.3) is 0 Å². The molecule has 0 aliphatic carbocycles. The number of halogens is 3. The molecule has 0 N–H and O–H groups in total. The molecule has 4 nitrogen and oxygen atoms in total. The minimum Gasteiger partial charge on any atom is -0.416 e. The molecule has 0 saturated carbocycles. The molecule has 0 spiro atoms. The molecule has 0 aliphatic rings. The lowest BCUT2D eigenvalue weighted by atomic mass is 10.5. The zero-order chi connectivity index (χ0) is 11.5. The second-order valence-electron chi connectivity index (χ2n) is 2.96. The maximum absolute atomic E-state index is 12.1. The van der Waals surface area contributed by atoms with E-state index < -0.39 is 12.1 Å². The highest BCUT2D eigenvalue weighted by molar-refractivity contribution is 4.86. The van der Waals surface area contributed by atoms with Crippen LogP contribution in [0.5, 0.6) is 0 Å². The second kappa shape index (κ2) is 4.61. The Bertz CT molecular complexity index is 306. The molecule has 15 heavy (non-hydrogen) atoms. The van der Waals surface area contributed by atoms with Gasteiger partial charge in [-0.05, 0) is 13.1 Å². The van der Waals surface area contributed by atoms with E-state index in [0.29, 0.717) is 0 Å². The number of aromatic nitrogens is 2. The van der Waals surface area contributed by atoms with Crippen LogP contribution in [0.15, 0.2) is 4.42 Å². The first-order chi connectivity index (χ1) is 6.97. The fraction of sp³-hybridized carbons (Fsp3) is 0.750. The fourth-order valence-corrected chi connectivity index (χ4v) is 1.07. The Labute approximate surface area is 85.1 Å². The molecule has 7 heteroatoms. The lowest BCUT2D eigenvalue weighted by Gasteiger charge is -2.14. The maximum Gasteiger partial charge on any atom is 0.470 e. The number of hydrogen-bond donors (Lipinski definition) is 0. The van der Waals surface area contributed by atoms with Crippen LogP contribution in [-0.2, 0) is 12.7 Å². The SMILES string of the molecule is CCN(CC)Cc1nnc(C(F)(F)F)o1. The van der Waals surface area contributed by atoms with E-state index in [9.17, 15) is 13.2 Å². The van der Waals surface area contributed by atoms with Crippen LogP contribution in [-0.4, -0.2) is 28.2 Å². The van der Waals surface area contributed by atoms with Crippen LogP contribution in [0.2, 0.25) is 0 Å². The third-order valence-corrected chi connectivity index (χ3v) is 1.96. The Balaban J connectivity index is 2.68. The Morgan fingerprint density at radius 1 is 1.20 bits per heavy atom. The van der Waals surface area contributed by atoms with Crippen molar-refractivity contribution in [3.05, 3.63) is 11.8 Å². The summed E-state index contributed by atoms with van der Waals surface area (Å²) in [6, 6.07) is 0. The van der Waals surface area contributed by atoms with Gasteiger partial charge >= 0.3 is 12.1 Å². The molecule has 1 heterocycles. The van der Waals surface area contributed by atoms with Crippen LogP contribution in [0.3, 0.4) is 0 Å². The summed E-state index contributed by atoms with van der Waals surface area (Å²) in [5.74, 6) is -1.30. The predicted molar refractivity (Wildman–Crippen MR) is 45.9 cm³/mol. The quantitative estimate of drug-likeness (QED) is 0.782. The smallest absolute Gasteiger partial charge is 0.416 e. The van der Waals surface area contributed by atoms with Crippen LogP contribution >= 0.6 is 0 Å². The van der Waals surface area contributed by atoms with Crippen molar-refractivity contribution in [2.24, 2.45) is 0 Å². The summed E-state index contributed by atoms with van der Waals surface area (Å²) >= 11 is 0. The van der Waals surface area contributed by atoms with Gasteiger partial charge in [-0.3, -0.25) is 4.90 Å². The number of hydrogen-bond acceptors (Lipinski definition) is 4. The van der Waals surface area contributed by atoms with Crippen molar-refractivity contribution in [3.63, 3.8) is 0 Å². The minimum absolute atomic E-state index is 0.00831. The van der Waals surface area contributed by atoms with Crippen molar-refractivity contribution in [1.82, 2.24) is 15.1 Å². The number of alkyl halides is 3. The van der Waals surface area contributed by atoms with Crippen molar-refractivity contribution in [1.29, 1.82) is 0 Å². The summed E-state index contributed by atoms with van der Waals surface area (Å²) in [5, 5.41) is 6.28. The lowest BCUT2D eigenvalue weighted by molar-refractivity contribution is -0.157. The summed E-state index contributed by atoms with van der Waals surface area (Å²) in [7, 11) is 0. The molecular weight excluding hydrogens is 211 g/mol. The zero-order valence-electron chi connectivity index (χ0n) is 8.51. The monoisotopic (exact) mass is 223 g/mol. The molecule has 1 aromatic heterocycles. The van der Waals surface area contributed by atoms with Crippen LogP contribution in [0.1, 0.15) is 25.6 Å². The van der Waals surface area contributed by atoms with Crippen LogP contribution in [0, 0.1) is 0 Å². The molecule has 1 aromatic rings. The molecule has 0 bridgehead atoms. The van der Waals surface area contributed by atoms with E-state index in [1.807, 2.05) is 18.7 Å². The summed E-state index contributed by atoms with van der Waals surface area (Å²) in [6.07, 6.45) is -4.56. The van der Waals surface area contributed by atoms with Gasteiger partial charge in [0.05, 0.1) is 6.54 Å². The molecule has 0 aliphatic heterocycles. The largest absolute Gasteiger partial charge is 0.470 e. The van der Waals surface area contributed by atoms with Gasteiger partial charge in [-0.2, -0.15) is 13.2 Å². The van der Waals surface area contributed by atoms with Crippen LogP contribution < -0.4 is 0 Å². The van der Waals surface area contributed by atoms with E-state index in [1.165, 1.54) is 0 Å². The van der Waals surface area contributed by atoms with Crippen molar-refractivity contribution < 1.29 is 17.6 Å². The first kappa shape index (κ1) is 12.0. The Kier molecular flexibility index (Phi) is 3.67. The second-order valence-corrected chi connectivity index (χ2v) is 2.96. The first-order valence-electron chi connectivity index (χ1n) is 4.59. The highest BCUT2D eigenvalue weighted by Gasteiger charge is 2.38. The summed E-state index contributed by atoms with van der Waals surface area (Å²) in [4.78, 5) is 1.88. The highest BCUT2D eigenvalue weighted by Crippen LogP contribution is 2.27. The Morgan fingerprint density at radius 3 is 2.20 bits per heavy atom. The number of rotatable bonds is 4. The lowest BCUT2D eigenvalue weighted by Crippen LogP contribution is -2.22. The Morgan fingerprint density at radius 2 is 1.80 bits per heavy atom. The molecule has 0 aromatic carbocycles. The first-order valence-corrected chi connectivity index (χ1v) is 4.59. The number of nitrogens with zero attached hydrogens (tertiary/aromatic N) is 3. The van der Waals surface area contributed by atoms with Crippen molar-refractivity contribution in [2.45, 2.75) is 26.6 Å². The normalized spacial score (nSPS) is 12.4. The fourth-order valence-electron chi connectivity index (χ4n) is 1.07. The molecule has 0 amide bonds. The average molecular weight is 223 g/mol. The Hall–Kier alpha value is -1.11. The van der Waals surface area contributed by atoms with E-state index in [-0.39, 0.29) is 12.4 Å². The van der Waals surface area contributed by atoms with Crippen molar-refractivity contribution in [3.8, 4) is 0 Å². The van der Waals surface area contributed by atoms with E-state index in [1.54, 1.807) is 0 Å². The minimum atomic E-state index is -4.56. The van der Waals surface area contributed by atoms with Crippen LogP contribution in [0.4, 0.5) is 13.2 Å². The van der Waals surface area contributed by atoms with E-state index in [4.69, 9.17) is 0 Å². The average Bonchev–Trinajstić information content (AvgIpc) is 2.61. The molecule has 0 fully saturated rings. The molecule has 86 valence electrons. The molecule has 1 rings (SSSR count). The van der Waals surface area contributed by atoms with E-state index >= 15 is 0 Å². The topological polar surface area (TPSA) is 42.2 Å². The van der Waals surface area contributed by atoms with Gasteiger partial charge < -0.3 is 4.42 Å². The van der Waals surface area contributed by atoms with Crippen molar-refractivity contribution >= 4 is 0 Å². The van der Waals surface area contributed by atoms with Gasteiger partial charge in [0, 0.05) is 0 Å². The summed E-state index contributed by atoms with van der Waals surface area (Å²) < 4.78 is 40.8. The van der Waals surface area contributed by atoms with Crippen LogP contribution in [0.25, 0.3) is 0 Å². The molecule has 0 radical (unpaired) electrons. The van der Waals surface area contributed by atoms with Gasteiger partial charge in [-0.25, -0.2) is 0 Å². The van der Waals surface area contributed by atoms with E-state index in [2.05, 4.69) is 14.6 Å². The molecule has 0 unspecified atom stereocenters. The van der Waals surface area contributed by atoms with Gasteiger partial charge in [0.2, 0.25) is 5.89 Å².